The van der Waals surface area contributed by atoms with Crippen molar-refractivity contribution in [3.05, 3.63) is 34.9 Å². The van der Waals surface area contributed by atoms with Crippen LogP contribution in [0.15, 0.2) is 24.3 Å². The molecule has 1 aromatic carbocycles. The van der Waals surface area contributed by atoms with Crippen molar-refractivity contribution in [3.63, 3.8) is 0 Å². The minimum atomic E-state index is -0.529. The molecule has 4 fully saturated rings. The quantitative estimate of drug-likeness (QED) is 0.703. The van der Waals surface area contributed by atoms with Crippen LogP contribution in [0, 0.1) is 11.8 Å². The molecule has 4 atom stereocenters. The van der Waals surface area contributed by atoms with Gasteiger partial charge in [0.15, 0.2) is 6.29 Å². The molecule has 0 radical (unpaired) electrons. The third-order valence-corrected chi connectivity index (χ3v) is 8.02. The zero-order valence-electron chi connectivity index (χ0n) is 19.0. The van der Waals surface area contributed by atoms with E-state index in [4.69, 9.17) is 11.6 Å². The first kappa shape index (κ1) is 22.5. The fraction of sp³-hybridized carbons (Fsp3) is 0.625. The topological polar surface area (TPSA) is 85.0 Å². The molecular formula is C24H32ClN5O3. The zero-order chi connectivity index (χ0) is 23.1. The Morgan fingerprint density at radius 1 is 1.09 bits per heavy atom. The number of fused-ring (bicyclic) bond motifs is 3. The number of hydrogen-bond acceptors (Lipinski definition) is 4. The molecule has 1 aromatic rings. The zero-order valence-corrected chi connectivity index (χ0v) is 19.8. The van der Waals surface area contributed by atoms with Crippen LogP contribution >= 0.6 is 11.6 Å². The Morgan fingerprint density at radius 3 is 2.55 bits per heavy atom. The van der Waals surface area contributed by atoms with E-state index >= 15 is 0 Å². The maximum atomic E-state index is 13.4. The van der Waals surface area contributed by atoms with Crippen molar-refractivity contribution < 1.29 is 14.4 Å². The van der Waals surface area contributed by atoms with Crippen molar-refractivity contribution in [2.45, 2.75) is 76.3 Å². The summed E-state index contributed by atoms with van der Waals surface area (Å²) in [6.45, 7) is 0.369. The minimum absolute atomic E-state index is 0.0426. The highest BCUT2D eigenvalue weighted by Crippen LogP contribution is 2.40. The van der Waals surface area contributed by atoms with E-state index in [1.165, 1.54) is 19.3 Å². The summed E-state index contributed by atoms with van der Waals surface area (Å²) in [5.41, 5.74) is 4.15. The van der Waals surface area contributed by atoms with Crippen molar-refractivity contribution in [1.29, 1.82) is 0 Å². The number of hydrogen-bond donors (Lipinski definition) is 2. The van der Waals surface area contributed by atoms with Crippen molar-refractivity contribution in [3.8, 4) is 0 Å². The fourth-order valence-electron chi connectivity index (χ4n) is 5.91. The summed E-state index contributed by atoms with van der Waals surface area (Å²) in [6.07, 6.45) is 6.99. The van der Waals surface area contributed by atoms with Crippen molar-refractivity contribution in [2.24, 2.45) is 11.8 Å². The lowest BCUT2D eigenvalue weighted by Gasteiger charge is -2.48. The van der Waals surface area contributed by atoms with Gasteiger partial charge in [0.2, 0.25) is 11.8 Å². The lowest BCUT2D eigenvalue weighted by molar-refractivity contribution is -0.156. The number of rotatable bonds is 4. The van der Waals surface area contributed by atoms with E-state index in [-0.39, 0.29) is 41.8 Å². The van der Waals surface area contributed by atoms with Crippen LogP contribution in [0.1, 0.15) is 56.9 Å². The van der Waals surface area contributed by atoms with E-state index in [0.29, 0.717) is 30.8 Å². The number of hydrazine groups is 1. The lowest BCUT2D eigenvalue weighted by Crippen LogP contribution is -2.66. The molecule has 2 heterocycles. The molecule has 4 amide bonds. The molecule has 178 valence electrons. The van der Waals surface area contributed by atoms with Crippen molar-refractivity contribution >= 4 is 29.4 Å². The molecule has 5 rings (SSSR count). The highest BCUT2D eigenvalue weighted by molar-refractivity contribution is 6.30. The van der Waals surface area contributed by atoms with Gasteiger partial charge in [0, 0.05) is 30.1 Å². The molecule has 2 aliphatic carbocycles. The maximum Gasteiger partial charge on any atom is 0.337 e. The van der Waals surface area contributed by atoms with Crippen LogP contribution in [0.4, 0.5) is 4.79 Å². The van der Waals surface area contributed by atoms with E-state index in [2.05, 4.69) is 10.7 Å². The number of nitrogens with one attached hydrogen (secondary N) is 2. The number of amides is 4. The van der Waals surface area contributed by atoms with Gasteiger partial charge in [-0.05, 0) is 49.8 Å². The summed E-state index contributed by atoms with van der Waals surface area (Å²) in [4.78, 5) is 43.0. The molecule has 9 heteroatoms. The third kappa shape index (κ3) is 4.30. The maximum absolute atomic E-state index is 13.4. The molecule has 4 unspecified atom stereocenters. The highest BCUT2D eigenvalue weighted by Gasteiger charge is 2.55. The predicted molar refractivity (Wildman–Crippen MR) is 124 cm³/mol. The summed E-state index contributed by atoms with van der Waals surface area (Å²) in [5, 5.41) is 5.45. The Kier molecular flexibility index (Phi) is 6.22. The largest absolute Gasteiger partial charge is 0.353 e. The molecule has 2 N–H and O–H groups in total. The Bertz CT molecular complexity index is 919. The van der Waals surface area contributed by atoms with Gasteiger partial charge in [0.05, 0.1) is 12.5 Å². The van der Waals surface area contributed by atoms with Gasteiger partial charge >= 0.3 is 6.03 Å². The summed E-state index contributed by atoms with van der Waals surface area (Å²) in [6, 6.07) is 7.21. The number of urea groups is 1. The molecule has 4 aliphatic rings. The van der Waals surface area contributed by atoms with E-state index in [9.17, 15) is 14.4 Å². The molecule has 2 aliphatic heterocycles. The van der Waals surface area contributed by atoms with Crippen LogP contribution in [0.5, 0.6) is 0 Å². The number of carbonyl (C=O) groups is 3. The molecule has 2 saturated heterocycles. The SMILES string of the molecule is CN1C(=O)C2CCC(C(=O)NC3CCCCC3)CC2N2C(=O)N(Cc3ccc(Cl)cc3)NC12. The van der Waals surface area contributed by atoms with Gasteiger partial charge in [0.1, 0.15) is 0 Å². The van der Waals surface area contributed by atoms with Gasteiger partial charge < -0.3 is 10.2 Å². The average Bonchev–Trinajstić information content (AvgIpc) is 3.15. The first-order valence-corrected chi connectivity index (χ1v) is 12.5. The van der Waals surface area contributed by atoms with Crippen LogP contribution < -0.4 is 10.7 Å². The predicted octanol–water partition coefficient (Wildman–Crippen LogP) is 3.07. The minimum Gasteiger partial charge on any atom is -0.353 e. The Balaban J connectivity index is 1.31. The van der Waals surface area contributed by atoms with E-state index in [1.807, 2.05) is 12.1 Å². The fourth-order valence-corrected chi connectivity index (χ4v) is 6.04. The molecule has 33 heavy (non-hydrogen) atoms. The molecule has 2 saturated carbocycles. The third-order valence-electron chi connectivity index (χ3n) is 7.77. The smallest absolute Gasteiger partial charge is 0.337 e. The Hall–Kier alpha value is -2.32. The first-order valence-electron chi connectivity index (χ1n) is 12.1. The molecule has 0 aromatic heterocycles. The summed E-state index contributed by atoms with van der Waals surface area (Å²) in [7, 11) is 1.74. The summed E-state index contributed by atoms with van der Waals surface area (Å²) in [5.74, 6) is -0.295. The normalized spacial score (nSPS) is 30.3. The van der Waals surface area contributed by atoms with Gasteiger partial charge in [-0.25, -0.2) is 4.79 Å². The number of nitrogens with zero attached hydrogens (tertiary/aromatic N) is 3. The van der Waals surface area contributed by atoms with E-state index < -0.39 is 6.29 Å². The summed E-state index contributed by atoms with van der Waals surface area (Å²) >= 11 is 5.99. The second-order valence-electron chi connectivity index (χ2n) is 9.88. The van der Waals surface area contributed by atoms with Gasteiger partial charge in [0.25, 0.3) is 0 Å². The Morgan fingerprint density at radius 2 is 1.82 bits per heavy atom. The van der Waals surface area contributed by atoms with Crippen molar-refractivity contribution in [1.82, 2.24) is 25.6 Å². The van der Waals surface area contributed by atoms with Crippen LogP contribution in [-0.2, 0) is 16.1 Å². The van der Waals surface area contributed by atoms with Gasteiger partial charge in [-0.2, -0.15) is 5.43 Å². The monoisotopic (exact) mass is 473 g/mol. The molecular weight excluding hydrogens is 442 g/mol. The molecule has 0 bridgehead atoms. The first-order chi connectivity index (χ1) is 15.9. The number of halogens is 1. The second kappa shape index (κ2) is 9.14. The van der Waals surface area contributed by atoms with E-state index in [0.717, 1.165) is 18.4 Å². The standard InChI is InChI=1S/C24H32ClN5O3/c1-28-22(32)19-12-9-16(21(31)26-18-5-3-2-4-6-18)13-20(19)30-23(28)27-29(24(30)33)14-15-7-10-17(25)11-8-15/h7-8,10-11,16,18-20,23,27H,2-6,9,12-14H2,1H3,(H,26,31). The number of carbonyl (C=O) groups excluding carboxylic acids is 3. The van der Waals surface area contributed by atoms with Gasteiger partial charge in [-0.3, -0.25) is 19.5 Å². The van der Waals surface area contributed by atoms with Crippen LogP contribution in [0.2, 0.25) is 5.02 Å². The molecule has 0 spiro atoms. The average molecular weight is 474 g/mol. The van der Waals surface area contributed by atoms with Gasteiger partial charge in [-0.1, -0.05) is 43.0 Å². The second-order valence-corrected chi connectivity index (χ2v) is 10.3. The van der Waals surface area contributed by atoms with Gasteiger partial charge in [-0.15, -0.1) is 0 Å². The summed E-state index contributed by atoms with van der Waals surface area (Å²) < 4.78 is 0. The number of benzene rings is 1. The van der Waals surface area contributed by atoms with Crippen molar-refractivity contribution in [2.75, 3.05) is 7.05 Å². The van der Waals surface area contributed by atoms with Crippen LogP contribution in [0.3, 0.4) is 0 Å². The highest BCUT2D eigenvalue weighted by atomic mass is 35.5. The van der Waals surface area contributed by atoms with Crippen LogP contribution in [-0.4, -0.2) is 58.1 Å². The van der Waals surface area contributed by atoms with E-state index in [1.54, 1.807) is 34.0 Å². The molecule has 8 nitrogen and oxygen atoms in total. The lowest BCUT2D eigenvalue weighted by atomic mass is 9.75. The van der Waals surface area contributed by atoms with Crippen LogP contribution in [0.25, 0.3) is 0 Å². The Labute approximate surface area is 199 Å².